The van der Waals surface area contributed by atoms with E-state index in [0.29, 0.717) is 5.92 Å². The van der Waals surface area contributed by atoms with Crippen molar-refractivity contribution in [3.05, 3.63) is 48.3 Å². The van der Waals surface area contributed by atoms with Crippen LogP contribution in [-0.2, 0) is 11.8 Å². The summed E-state index contributed by atoms with van der Waals surface area (Å²) in [7, 11) is 1.92. The number of para-hydroxylation sites is 1. The van der Waals surface area contributed by atoms with Crippen molar-refractivity contribution in [2.24, 2.45) is 7.05 Å². The molecule has 116 valence electrons. The second-order valence-corrected chi connectivity index (χ2v) is 5.73. The molecule has 22 heavy (non-hydrogen) atoms. The van der Waals surface area contributed by atoms with E-state index in [9.17, 15) is 4.79 Å². The summed E-state index contributed by atoms with van der Waals surface area (Å²) in [6.45, 7) is 1.67. The van der Waals surface area contributed by atoms with Crippen molar-refractivity contribution >= 4 is 5.91 Å². The van der Waals surface area contributed by atoms with Gasteiger partial charge in [-0.2, -0.15) is 5.10 Å². The third-order valence-corrected chi connectivity index (χ3v) is 4.08. The summed E-state index contributed by atoms with van der Waals surface area (Å²) in [4.78, 5) is 14.2. The first-order valence-corrected chi connectivity index (χ1v) is 7.66. The number of carbonyl (C=O) groups is 1. The molecule has 2 aromatic rings. The number of likely N-dealkylation sites (tertiary alicyclic amines) is 1. The summed E-state index contributed by atoms with van der Waals surface area (Å²) in [5.41, 5.74) is 1.21. The smallest absolute Gasteiger partial charge is 0.260 e. The molecule has 0 spiro atoms. The van der Waals surface area contributed by atoms with Crippen molar-refractivity contribution in [2.75, 3.05) is 19.7 Å². The SMILES string of the molecule is Cn1cc(C2CCCN(C(=O)COc3ccccc3)C2)cn1. The Balaban J connectivity index is 1.56. The van der Waals surface area contributed by atoms with E-state index >= 15 is 0 Å². The number of hydrogen-bond donors (Lipinski definition) is 0. The number of aryl methyl sites for hydroxylation is 1. The number of hydrogen-bond acceptors (Lipinski definition) is 3. The van der Waals surface area contributed by atoms with Gasteiger partial charge in [-0.05, 0) is 30.5 Å². The molecule has 1 aromatic heterocycles. The van der Waals surface area contributed by atoms with Gasteiger partial charge in [0.05, 0.1) is 6.20 Å². The Hall–Kier alpha value is -2.30. The zero-order valence-electron chi connectivity index (χ0n) is 12.8. The molecule has 1 aliphatic heterocycles. The van der Waals surface area contributed by atoms with Gasteiger partial charge in [0.15, 0.2) is 6.61 Å². The van der Waals surface area contributed by atoms with Crippen molar-refractivity contribution in [1.82, 2.24) is 14.7 Å². The number of aromatic nitrogens is 2. The molecular formula is C17H21N3O2. The molecular weight excluding hydrogens is 278 g/mol. The van der Waals surface area contributed by atoms with Gasteiger partial charge in [-0.15, -0.1) is 0 Å². The molecule has 1 aliphatic rings. The van der Waals surface area contributed by atoms with Crippen LogP contribution in [0.2, 0.25) is 0 Å². The molecule has 5 nitrogen and oxygen atoms in total. The Bertz CT molecular complexity index is 624. The summed E-state index contributed by atoms with van der Waals surface area (Å²) in [6.07, 6.45) is 6.07. The van der Waals surface area contributed by atoms with E-state index in [2.05, 4.69) is 5.10 Å². The fourth-order valence-electron chi connectivity index (χ4n) is 2.88. The highest BCUT2D eigenvalue weighted by Gasteiger charge is 2.25. The quantitative estimate of drug-likeness (QED) is 0.869. The lowest BCUT2D eigenvalue weighted by atomic mass is 9.93. The van der Waals surface area contributed by atoms with Gasteiger partial charge in [0.2, 0.25) is 0 Å². The molecule has 0 saturated carbocycles. The van der Waals surface area contributed by atoms with Gasteiger partial charge in [-0.3, -0.25) is 9.48 Å². The van der Waals surface area contributed by atoms with Crippen LogP contribution in [-0.4, -0.2) is 40.3 Å². The van der Waals surface area contributed by atoms with Gasteiger partial charge in [0.25, 0.3) is 5.91 Å². The van der Waals surface area contributed by atoms with Gasteiger partial charge >= 0.3 is 0 Å². The Labute approximate surface area is 130 Å². The van der Waals surface area contributed by atoms with Crippen molar-refractivity contribution in [1.29, 1.82) is 0 Å². The monoisotopic (exact) mass is 299 g/mol. The lowest BCUT2D eigenvalue weighted by Crippen LogP contribution is -2.41. The van der Waals surface area contributed by atoms with E-state index in [1.165, 1.54) is 5.56 Å². The molecule has 0 N–H and O–H groups in total. The highest BCUT2D eigenvalue weighted by molar-refractivity contribution is 5.78. The van der Waals surface area contributed by atoms with Gasteiger partial charge in [-0.25, -0.2) is 0 Å². The predicted molar refractivity (Wildman–Crippen MR) is 83.7 cm³/mol. The van der Waals surface area contributed by atoms with Crippen LogP contribution >= 0.6 is 0 Å². The minimum absolute atomic E-state index is 0.0532. The maximum absolute atomic E-state index is 12.3. The third-order valence-electron chi connectivity index (χ3n) is 4.08. The van der Waals surface area contributed by atoms with Gasteiger partial charge < -0.3 is 9.64 Å². The molecule has 1 saturated heterocycles. The largest absolute Gasteiger partial charge is 0.484 e. The van der Waals surface area contributed by atoms with E-state index in [-0.39, 0.29) is 12.5 Å². The molecule has 2 heterocycles. The zero-order chi connectivity index (χ0) is 15.4. The lowest BCUT2D eigenvalue weighted by molar-refractivity contribution is -0.134. The molecule has 0 bridgehead atoms. The molecule has 1 fully saturated rings. The Kier molecular flexibility index (Phi) is 4.42. The summed E-state index contributed by atoms with van der Waals surface area (Å²) < 4.78 is 7.37. The minimum atomic E-state index is 0.0532. The van der Waals surface area contributed by atoms with Crippen LogP contribution in [0.5, 0.6) is 5.75 Å². The number of rotatable bonds is 4. The van der Waals surface area contributed by atoms with E-state index in [4.69, 9.17) is 4.74 Å². The second kappa shape index (κ2) is 6.64. The van der Waals surface area contributed by atoms with Crippen LogP contribution in [0.15, 0.2) is 42.7 Å². The van der Waals surface area contributed by atoms with Crippen LogP contribution in [0.4, 0.5) is 0 Å². The zero-order valence-corrected chi connectivity index (χ0v) is 12.8. The molecule has 1 unspecified atom stereocenters. The van der Waals surface area contributed by atoms with E-state index in [1.807, 2.05) is 59.4 Å². The summed E-state index contributed by atoms with van der Waals surface area (Å²) in [5, 5.41) is 4.23. The number of benzene rings is 1. The number of nitrogens with zero attached hydrogens (tertiary/aromatic N) is 3. The average Bonchev–Trinajstić information content (AvgIpc) is 3.00. The van der Waals surface area contributed by atoms with E-state index in [1.54, 1.807) is 0 Å². The molecule has 0 radical (unpaired) electrons. The average molecular weight is 299 g/mol. The van der Waals surface area contributed by atoms with Crippen LogP contribution in [0.3, 0.4) is 0 Å². The fraction of sp³-hybridized carbons (Fsp3) is 0.412. The van der Waals surface area contributed by atoms with Crippen molar-refractivity contribution < 1.29 is 9.53 Å². The van der Waals surface area contributed by atoms with Crippen molar-refractivity contribution in [2.45, 2.75) is 18.8 Å². The second-order valence-electron chi connectivity index (χ2n) is 5.73. The lowest BCUT2D eigenvalue weighted by Gasteiger charge is -2.32. The van der Waals surface area contributed by atoms with Crippen LogP contribution in [0.1, 0.15) is 24.3 Å². The number of carbonyl (C=O) groups excluding carboxylic acids is 1. The number of piperidine rings is 1. The fourth-order valence-corrected chi connectivity index (χ4v) is 2.88. The number of amides is 1. The molecule has 3 rings (SSSR count). The van der Waals surface area contributed by atoms with Crippen LogP contribution in [0.25, 0.3) is 0 Å². The topological polar surface area (TPSA) is 47.4 Å². The van der Waals surface area contributed by atoms with Crippen LogP contribution in [0, 0.1) is 0 Å². The van der Waals surface area contributed by atoms with Gasteiger partial charge in [-0.1, -0.05) is 18.2 Å². The first kappa shape index (κ1) is 14.6. The van der Waals surface area contributed by atoms with Crippen LogP contribution < -0.4 is 4.74 Å². The highest BCUT2D eigenvalue weighted by Crippen LogP contribution is 2.26. The summed E-state index contributed by atoms with van der Waals surface area (Å²) >= 11 is 0. The number of ether oxygens (including phenoxy) is 1. The maximum atomic E-state index is 12.3. The molecule has 0 aliphatic carbocycles. The van der Waals surface area contributed by atoms with Gasteiger partial charge in [0, 0.05) is 32.3 Å². The Morgan fingerprint density at radius 1 is 1.36 bits per heavy atom. The molecule has 5 heteroatoms. The normalized spacial score (nSPS) is 18.2. The van der Waals surface area contributed by atoms with Crippen molar-refractivity contribution in [3.8, 4) is 5.75 Å². The third kappa shape index (κ3) is 3.47. The summed E-state index contributed by atoms with van der Waals surface area (Å²) in [6, 6.07) is 9.46. The van der Waals surface area contributed by atoms with E-state index < -0.39 is 0 Å². The first-order valence-electron chi connectivity index (χ1n) is 7.66. The predicted octanol–water partition coefficient (Wildman–Crippen LogP) is 2.21. The summed E-state index contributed by atoms with van der Waals surface area (Å²) in [5.74, 6) is 1.16. The van der Waals surface area contributed by atoms with Gasteiger partial charge in [0.1, 0.15) is 5.75 Å². The molecule has 1 aromatic carbocycles. The molecule has 1 atom stereocenters. The maximum Gasteiger partial charge on any atom is 0.260 e. The van der Waals surface area contributed by atoms with Crippen molar-refractivity contribution in [3.63, 3.8) is 0 Å². The molecule has 1 amide bonds. The standard InChI is InChI=1S/C17H21N3O2/c1-19-11-15(10-18-19)14-6-5-9-20(12-14)17(21)13-22-16-7-3-2-4-8-16/h2-4,7-8,10-11,14H,5-6,9,12-13H2,1H3. The Morgan fingerprint density at radius 3 is 2.91 bits per heavy atom. The minimum Gasteiger partial charge on any atom is -0.484 e. The van der Waals surface area contributed by atoms with E-state index in [0.717, 1.165) is 31.7 Å². The first-order chi connectivity index (χ1) is 10.7. The highest BCUT2D eigenvalue weighted by atomic mass is 16.5. The Morgan fingerprint density at radius 2 is 2.18 bits per heavy atom.